The minimum Gasteiger partial charge on any atom is -0.379 e. The normalized spacial score (nSPS) is 15.9. The zero-order valence-corrected chi connectivity index (χ0v) is 18.2. The Balaban J connectivity index is 1.38. The van der Waals surface area contributed by atoms with Crippen molar-refractivity contribution in [1.82, 2.24) is 15.2 Å². The number of rotatable bonds is 7. The fourth-order valence-corrected chi connectivity index (χ4v) is 5.13. The van der Waals surface area contributed by atoms with Crippen molar-refractivity contribution in [3.05, 3.63) is 63.4 Å². The molecule has 1 aliphatic rings. The molecule has 3 heterocycles. The van der Waals surface area contributed by atoms with E-state index in [1.807, 2.05) is 47.2 Å². The van der Waals surface area contributed by atoms with E-state index in [4.69, 9.17) is 16.3 Å². The zero-order chi connectivity index (χ0) is 20.1. The first-order valence-corrected chi connectivity index (χ1v) is 11.6. The Hall–Kier alpha value is -1.77. The number of benzene rings is 1. The van der Waals surface area contributed by atoms with Gasteiger partial charge in [0, 0.05) is 30.0 Å². The van der Waals surface area contributed by atoms with Crippen molar-refractivity contribution < 1.29 is 9.53 Å². The Bertz CT molecular complexity index is 922. The van der Waals surface area contributed by atoms with Gasteiger partial charge >= 0.3 is 0 Å². The largest absolute Gasteiger partial charge is 0.379 e. The van der Waals surface area contributed by atoms with Crippen LogP contribution in [0.1, 0.15) is 17.3 Å². The quantitative estimate of drug-likeness (QED) is 0.588. The third-order valence-electron chi connectivity index (χ3n) is 4.86. The van der Waals surface area contributed by atoms with Crippen molar-refractivity contribution in [1.29, 1.82) is 0 Å². The molecule has 152 valence electrons. The van der Waals surface area contributed by atoms with Gasteiger partial charge in [0.15, 0.2) is 0 Å². The van der Waals surface area contributed by atoms with Crippen LogP contribution in [0.4, 0.5) is 0 Å². The first kappa shape index (κ1) is 20.5. The molecule has 0 radical (unpaired) electrons. The number of aromatic nitrogens is 1. The van der Waals surface area contributed by atoms with Gasteiger partial charge in [-0.25, -0.2) is 4.98 Å². The van der Waals surface area contributed by atoms with E-state index in [1.54, 1.807) is 22.7 Å². The van der Waals surface area contributed by atoms with E-state index in [1.165, 1.54) is 0 Å². The number of carbonyl (C=O) groups is 1. The van der Waals surface area contributed by atoms with Crippen molar-refractivity contribution in [3.63, 3.8) is 0 Å². The third kappa shape index (κ3) is 5.43. The molecular weight excluding hydrogens is 426 g/mol. The van der Waals surface area contributed by atoms with E-state index < -0.39 is 0 Å². The van der Waals surface area contributed by atoms with Crippen LogP contribution in [0.5, 0.6) is 0 Å². The molecule has 4 rings (SSSR count). The SMILES string of the molecule is O=C(Cc1csc(-c2cccs2)n1)NCC(c1ccc(Cl)cc1)N1CCOCC1. The van der Waals surface area contributed by atoms with Crippen LogP contribution in [0.3, 0.4) is 0 Å². The van der Waals surface area contributed by atoms with Gasteiger partial charge in [-0.2, -0.15) is 0 Å². The first-order valence-electron chi connectivity index (χ1n) is 9.51. The number of hydrogen-bond acceptors (Lipinski definition) is 6. The van der Waals surface area contributed by atoms with E-state index in [0.29, 0.717) is 31.2 Å². The zero-order valence-electron chi connectivity index (χ0n) is 15.8. The molecule has 3 aromatic rings. The second-order valence-electron chi connectivity index (χ2n) is 6.82. The monoisotopic (exact) mass is 447 g/mol. The number of ether oxygens (including phenoxy) is 1. The summed E-state index contributed by atoms with van der Waals surface area (Å²) in [6, 6.07) is 12.0. The summed E-state index contributed by atoms with van der Waals surface area (Å²) >= 11 is 9.29. The molecule has 8 heteroatoms. The van der Waals surface area contributed by atoms with Gasteiger partial charge < -0.3 is 10.1 Å². The molecule has 1 aliphatic heterocycles. The predicted molar refractivity (Wildman–Crippen MR) is 119 cm³/mol. The van der Waals surface area contributed by atoms with Crippen molar-refractivity contribution in [2.75, 3.05) is 32.8 Å². The van der Waals surface area contributed by atoms with Crippen LogP contribution in [-0.2, 0) is 16.0 Å². The molecule has 1 saturated heterocycles. The van der Waals surface area contributed by atoms with Crippen LogP contribution in [0.15, 0.2) is 47.2 Å². The smallest absolute Gasteiger partial charge is 0.226 e. The second-order valence-corrected chi connectivity index (χ2v) is 9.06. The summed E-state index contributed by atoms with van der Waals surface area (Å²) in [5.41, 5.74) is 1.95. The Morgan fingerprint density at radius 2 is 2.00 bits per heavy atom. The van der Waals surface area contributed by atoms with E-state index in [9.17, 15) is 4.79 Å². The van der Waals surface area contributed by atoms with Gasteiger partial charge in [0.05, 0.1) is 36.2 Å². The van der Waals surface area contributed by atoms with Crippen molar-refractivity contribution >= 4 is 40.2 Å². The number of amides is 1. The lowest BCUT2D eigenvalue weighted by Gasteiger charge is -2.35. The van der Waals surface area contributed by atoms with Crippen LogP contribution in [0, 0.1) is 0 Å². The molecule has 0 saturated carbocycles. The molecule has 1 aromatic carbocycles. The maximum absolute atomic E-state index is 12.6. The Labute approximate surface area is 183 Å². The Morgan fingerprint density at radius 1 is 1.21 bits per heavy atom. The summed E-state index contributed by atoms with van der Waals surface area (Å²) in [4.78, 5) is 20.7. The Morgan fingerprint density at radius 3 is 2.72 bits per heavy atom. The average Bonchev–Trinajstić information content (AvgIpc) is 3.42. The predicted octanol–water partition coefficient (Wildman–Crippen LogP) is 4.26. The number of thiazole rings is 1. The second kappa shape index (κ2) is 9.82. The summed E-state index contributed by atoms with van der Waals surface area (Å²) in [7, 11) is 0. The van der Waals surface area contributed by atoms with E-state index in [-0.39, 0.29) is 11.9 Å². The average molecular weight is 448 g/mol. The number of nitrogens with zero attached hydrogens (tertiary/aromatic N) is 2. The van der Waals surface area contributed by atoms with Gasteiger partial charge in [0.1, 0.15) is 5.01 Å². The molecule has 1 atom stereocenters. The molecule has 0 bridgehead atoms. The Kier molecular flexibility index (Phi) is 6.94. The van der Waals surface area contributed by atoms with Crippen LogP contribution in [0.2, 0.25) is 5.02 Å². The molecular formula is C21H22ClN3O2S2. The number of nitrogens with one attached hydrogen (secondary N) is 1. The highest BCUT2D eigenvalue weighted by Gasteiger charge is 2.23. The highest BCUT2D eigenvalue weighted by atomic mass is 35.5. The lowest BCUT2D eigenvalue weighted by molar-refractivity contribution is -0.120. The third-order valence-corrected chi connectivity index (χ3v) is 7.04. The van der Waals surface area contributed by atoms with E-state index in [0.717, 1.165) is 34.2 Å². The maximum atomic E-state index is 12.6. The minimum absolute atomic E-state index is 0.0137. The number of hydrogen-bond donors (Lipinski definition) is 1. The van der Waals surface area contributed by atoms with Gasteiger partial charge in [-0.3, -0.25) is 9.69 Å². The number of halogens is 1. The summed E-state index contributed by atoms with van der Waals surface area (Å²) < 4.78 is 5.49. The van der Waals surface area contributed by atoms with E-state index >= 15 is 0 Å². The molecule has 0 spiro atoms. The molecule has 0 aliphatic carbocycles. The van der Waals surface area contributed by atoms with E-state index in [2.05, 4.69) is 15.2 Å². The van der Waals surface area contributed by atoms with Crippen LogP contribution in [-0.4, -0.2) is 48.6 Å². The highest BCUT2D eigenvalue weighted by Crippen LogP contribution is 2.28. The summed E-state index contributed by atoms with van der Waals surface area (Å²) in [5, 5.41) is 8.78. The summed E-state index contributed by atoms with van der Waals surface area (Å²) in [6.07, 6.45) is 0.290. The van der Waals surface area contributed by atoms with Crippen LogP contribution in [0.25, 0.3) is 9.88 Å². The topological polar surface area (TPSA) is 54.5 Å². The first-order chi connectivity index (χ1) is 14.2. The molecule has 1 N–H and O–H groups in total. The van der Waals surface area contributed by atoms with Crippen molar-refractivity contribution in [2.24, 2.45) is 0 Å². The van der Waals surface area contributed by atoms with Crippen LogP contribution < -0.4 is 5.32 Å². The van der Waals surface area contributed by atoms with Gasteiger partial charge in [0.25, 0.3) is 0 Å². The van der Waals surface area contributed by atoms with Gasteiger partial charge in [-0.05, 0) is 29.1 Å². The molecule has 1 fully saturated rings. The molecule has 1 amide bonds. The summed E-state index contributed by atoms with van der Waals surface area (Å²) in [6.45, 7) is 3.66. The maximum Gasteiger partial charge on any atom is 0.226 e. The van der Waals surface area contributed by atoms with Crippen LogP contribution >= 0.6 is 34.3 Å². The fourth-order valence-electron chi connectivity index (χ4n) is 3.37. The molecule has 1 unspecified atom stereocenters. The fraction of sp³-hybridized carbons (Fsp3) is 0.333. The highest BCUT2D eigenvalue weighted by molar-refractivity contribution is 7.20. The number of carbonyl (C=O) groups excluding carboxylic acids is 1. The summed E-state index contributed by atoms with van der Waals surface area (Å²) in [5.74, 6) is -0.0137. The van der Waals surface area contributed by atoms with Gasteiger partial charge in [0.2, 0.25) is 5.91 Å². The van der Waals surface area contributed by atoms with Crippen molar-refractivity contribution in [3.8, 4) is 9.88 Å². The van der Waals surface area contributed by atoms with Gasteiger partial charge in [-0.15, -0.1) is 22.7 Å². The van der Waals surface area contributed by atoms with Gasteiger partial charge in [-0.1, -0.05) is 29.8 Å². The number of morpholine rings is 1. The number of thiophene rings is 1. The minimum atomic E-state index is -0.0137. The standard InChI is InChI=1S/C21H22ClN3O2S2/c22-16-5-3-15(4-6-16)18(25-7-9-27-10-8-25)13-23-20(26)12-17-14-29-21(24-17)19-2-1-11-28-19/h1-6,11,14,18H,7-10,12-13H2,(H,23,26). The molecule has 5 nitrogen and oxygen atoms in total. The van der Waals surface area contributed by atoms with Crippen molar-refractivity contribution in [2.45, 2.75) is 12.5 Å². The lowest BCUT2D eigenvalue weighted by Crippen LogP contribution is -2.44. The molecule has 2 aromatic heterocycles. The molecule has 29 heavy (non-hydrogen) atoms. The lowest BCUT2D eigenvalue weighted by atomic mass is 10.0.